The predicted octanol–water partition coefficient (Wildman–Crippen LogP) is 1.90. The van der Waals surface area contributed by atoms with Crippen LogP contribution in [0.1, 0.15) is 0 Å². The van der Waals surface area contributed by atoms with E-state index in [1.807, 2.05) is 24.3 Å². The van der Waals surface area contributed by atoms with Gasteiger partial charge in [-0.3, -0.25) is 4.79 Å². The molecule has 0 unspecified atom stereocenters. The van der Waals surface area contributed by atoms with Gasteiger partial charge in [-0.05, 0) is 18.2 Å². The average molecular weight is 359 g/mol. The predicted molar refractivity (Wildman–Crippen MR) is 86.3 cm³/mol. The zero-order valence-electron chi connectivity index (χ0n) is 11.2. The highest BCUT2D eigenvalue weighted by atomic mass is 79.9. The van der Waals surface area contributed by atoms with Crippen molar-refractivity contribution in [1.82, 2.24) is 10.6 Å². The van der Waals surface area contributed by atoms with Gasteiger partial charge in [0.2, 0.25) is 5.91 Å². The summed E-state index contributed by atoms with van der Waals surface area (Å²) in [6.07, 6.45) is 0. The summed E-state index contributed by atoms with van der Waals surface area (Å²) in [5.74, 6) is 3.08. The molecule has 0 radical (unpaired) electrons. The van der Waals surface area contributed by atoms with Crippen molar-refractivity contribution in [3.05, 3.63) is 28.7 Å². The summed E-state index contributed by atoms with van der Waals surface area (Å²) in [4.78, 5) is 11.5. The van der Waals surface area contributed by atoms with E-state index in [-0.39, 0.29) is 11.8 Å². The summed E-state index contributed by atoms with van der Waals surface area (Å²) >= 11 is 5.20. The third-order valence-corrected chi connectivity index (χ3v) is 4.43. The first-order valence-electron chi connectivity index (χ1n) is 6.70. The van der Waals surface area contributed by atoms with Crippen LogP contribution in [0.3, 0.4) is 0 Å². The molecule has 0 bridgehead atoms. The van der Waals surface area contributed by atoms with Crippen molar-refractivity contribution in [1.29, 1.82) is 0 Å². The minimum Gasteiger partial charge on any atom is -0.493 e. The van der Waals surface area contributed by atoms with Crippen LogP contribution < -0.4 is 15.4 Å². The Morgan fingerprint density at radius 1 is 1.45 bits per heavy atom. The van der Waals surface area contributed by atoms with Crippen molar-refractivity contribution >= 4 is 33.6 Å². The SMILES string of the molecule is O=C(NCCSCCOc1cccc(Br)c1)C1CNC1. The summed E-state index contributed by atoms with van der Waals surface area (Å²) in [5, 5.41) is 6.05. The molecule has 2 N–H and O–H groups in total. The van der Waals surface area contributed by atoms with E-state index in [2.05, 4.69) is 26.6 Å². The van der Waals surface area contributed by atoms with Crippen molar-refractivity contribution in [2.24, 2.45) is 5.92 Å². The molecule has 1 saturated heterocycles. The van der Waals surface area contributed by atoms with E-state index in [0.29, 0.717) is 6.61 Å². The molecule has 4 nitrogen and oxygen atoms in total. The summed E-state index contributed by atoms with van der Waals surface area (Å²) < 4.78 is 6.66. The number of benzene rings is 1. The van der Waals surface area contributed by atoms with E-state index < -0.39 is 0 Å². The van der Waals surface area contributed by atoms with Crippen LogP contribution in [0, 0.1) is 5.92 Å². The summed E-state index contributed by atoms with van der Waals surface area (Å²) in [6, 6.07) is 7.83. The van der Waals surface area contributed by atoms with Gasteiger partial charge in [0.25, 0.3) is 0 Å². The molecule has 1 amide bonds. The van der Waals surface area contributed by atoms with Crippen LogP contribution in [-0.4, -0.2) is 43.7 Å². The monoisotopic (exact) mass is 358 g/mol. The number of carbonyl (C=O) groups excluding carboxylic acids is 1. The minimum atomic E-state index is 0.176. The summed E-state index contributed by atoms with van der Waals surface area (Å²) in [5.41, 5.74) is 0. The summed E-state index contributed by atoms with van der Waals surface area (Å²) in [6.45, 7) is 3.05. The third-order valence-electron chi connectivity index (χ3n) is 2.99. The van der Waals surface area contributed by atoms with Crippen molar-refractivity contribution in [2.75, 3.05) is 37.7 Å². The lowest BCUT2D eigenvalue weighted by atomic mass is 10.0. The van der Waals surface area contributed by atoms with Gasteiger partial charge >= 0.3 is 0 Å². The molecule has 0 aliphatic carbocycles. The van der Waals surface area contributed by atoms with Gasteiger partial charge in [-0.25, -0.2) is 0 Å². The number of amides is 1. The van der Waals surface area contributed by atoms with Gasteiger partial charge in [0.05, 0.1) is 12.5 Å². The molecule has 2 rings (SSSR count). The van der Waals surface area contributed by atoms with Gasteiger partial charge in [0.15, 0.2) is 0 Å². The second-order valence-electron chi connectivity index (χ2n) is 4.56. The Labute approximate surface area is 132 Å². The quantitative estimate of drug-likeness (QED) is 0.696. The van der Waals surface area contributed by atoms with Crippen LogP contribution in [0.2, 0.25) is 0 Å². The van der Waals surface area contributed by atoms with Crippen molar-refractivity contribution in [3.8, 4) is 5.75 Å². The molecule has 1 aromatic carbocycles. The Balaban J connectivity index is 1.46. The first-order chi connectivity index (χ1) is 9.75. The number of thioether (sulfide) groups is 1. The maximum atomic E-state index is 11.5. The molecule has 1 aliphatic heterocycles. The van der Waals surface area contributed by atoms with E-state index in [1.165, 1.54) is 0 Å². The number of carbonyl (C=O) groups is 1. The largest absolute Gasteiger partial charge is 0.493 e. The topological polar surface area (TPSA) is 50.4 Å². The standard InChI is InChI=1S/C14H19BrN2O2S/c15-12-2-1-3-13(8-12)19-5-7-20-6-4-17-14(18)11-9-16-10-11/h1-3,8,11,16H,4-7,9-10H2,(H,17,18). The Hall–Kier alpha value is -0.720. The second kappa shape index (κ2) is 8.54. The number of ether oxygens (including phenoxy) is 1. The van der Waals surface area contributed by atoms with Crippen LogP contribution in [0.25, 0.3) is 0 Å². The van der Waals surface area contributed by atoms with Crippen LogP contribution in [0.5, 0.6) is 5.75 Å². The Morgan fingerprint density at radius 2 is 2.30 bits per heavy atom. The van der Waals surface area contributed by atoms with E-state index in [9.17, 15) is 4.79 Å². The number of hydrogen-bond donors (Lipinski definition) is 2. The zero-order valence-corrected chi connectivity index (χ0v) is 13.6. The summed E-state index contributed by atoms with van der Waals surface area (Å²) in [7, 11) is 0. The van der Waals surface area contributed by atoms with Gasteiger partial charge in [-0.1, -0.05) is 22.0 Å². The van der Waals surface area contributed by atoms with Crippen molar-refractivity contribution in [3.63, 3.8) is 0 Å². The fraction of sp³-hybridized carbons (Fsp3) is 0.500. The molecule has 20 heavy (non-hydrogen) atoms. The smallest absolute Gasteiger partial charge is 0.225 e. The maximum absolute atomic E-state index is 11.5. The molecular weight excluding hydrogens is 340 g/mol. The number of nitrogens with one attached hydrogen (secondary N) is 2. The Bertz CT molecular complexity index is 441. The highest BCUT2D eigenvalue weighted by Crippen LogP contribution is 2.17. The lowest BCUT2D eigenvalue weighted by Gasteiger charge is -2.25. The molecule has 110 valence electrons. The van der Waals surface area contributed by atoms with Crippen LogP contribution in [0.15, 0.2) is 28.7 Å². The fourth-order valence-corrected chi connectivity index (χ4v) is 2.77. The number of rotatable bonds is 8. The van der Waals surface area contributed by atoms with Crippen LogP contribution in [0.4, 0.5) is 0 Å². The van der Waals surface area contributed by atoms with E-state index in [1.54, 1.807) is 11.8 Å². The van der Waals surface area contributed by atoms with Gasteiger partial charge in [-0.2, -0.15) is 11.8 Å². The van der Waals surface area contributed by atoms with Crippen LogP contribution >= 0.6 is 27.7 Å². The van der Waals surface area contributed by atoms with Crippen LogP contribution in [-0.2, 0) is 4.79 Å². The van der Waals surface area contributed by atoms with Crippen molar-refractivity contribution < 1.29 is 9.53 Å². The number of hydrogen-bond acceptors (Lipinski definition) is 4. The lowest BCUT2D eigenvalue weighted by molar-refractivity contribution is -0.126. The molecule has 0 saturated carbocycles. The fourth-order valence-electron chi connectivity index (χ4n) is 1.74. The normalized spacial score (nSPS) is 14.7. The highest BCUT2D eigenvalue weighted by molar-refractivity contribution is 9.10. The van der Waals surface area contributed by atoms with Gasteiger partial charge in [-0.15, -0.1) is 0 Å². The highest BCUT2D eigenvalue weighted by Gasteiger charge is 2.23. The molecule has 1 heterocycles. The van der Waals surface area contributed by atoms with Gasteiger partial charge < -0.3 is 15.4 Å². The first kappa shape index (κ1) is 15.7. The molecular formula is C14H19BrN2O2S. The van der Waals surface area contributed by atoms with Crippen molar-refractivity contribution in [2.45, 2.75) is 0 Å². The van der Waals surface area contributed by atoms with E-state index in [4.69, 9.17) is 4.74 Å². The Kier molecular flexibility index (Phi) is 6.69. The minimum absolute atomic E-state index is 0.176. The third kappa shape index (κ3) is 5.34. The van der Waals surface area contributed by atoms with E-state index >= 15 is 0 Å². The van der Waals surface area contributed by atoms with Gasteiger partial charge in [0.1, 0.15) is 5.75 Å². The van der Waals surface area contributed by atoms with E-state index in [0.717, 1.165) is 41.4 Å². The average Bonchev–Trinajstić information content (AvgIpc) is 2.35. The second-order valence-corrected chi connectivity index (χ2v) is 6.70. The van der Waals surface area contributed by atoms with Gasteiger partial charge in [0, 0.05) is 35.6 Å². The Morgan fingerprint density at radius 3 is 3.00 bits per heavy atom. The molecule has 0 spiro atoms. The number of halogens is 1. The molecule has 1 fully saturated rings. The maximum Gasteiger partial charge on any atom is 0.225 e. The molecule has 1 aromatic rings. The molecule has 0 atom stereocenters. The zero-order chi connectivity index (χ0) is 14.2. The molecule has 1 aliphatic rings. The molecule has 6 heteroatoms. The lowest BCUT2D eigenvalue weighted by Crippen LogP contribution is -2.51. The molecule has 0 aromatic heterocycles. The first-order valence-corrected chi connectivity index (χ1v) is 8.65.